The van der Waals surface area contributed by atoms with Crippen molar-refractivity contribution in [2.45, 2.75) is 38.6 Å². The molecule has 0 aliphatic carbocycles. The summed E-state index contributed by atoms with van der Waals surface area (Å²) in [6, 6.07) is 1.75. The standard InChI is InChI=1S/C11H17N3O/c1-8-7-10(15)14-11(13-8)9-5-3-2-4-6-12-9/h7,9,12H,2-6H2,1H3,(H,13,14,15). The number of nitrogens with zero attached hydrogens (tertiary/aromatic N) is 1. The zero-order valence-corrected chi connectivity index (χ0v) is 9.05. The minimum atomic E-state index is -0.0523. The molecule has 1 aliphatic rings. The van der Waals surface area contributed by atoms with Gasteiger partial charge in [0.25, 0.3) is 5.56 Å². The first kappa shape index (κ1) is 10.4. The molecule has 0 amide bonds. The van der Waals surface area contributed by atoms with Crippen LogP contribution in [0.3, 0.4) is 0 Å². The topological polar surface area (TPSA) is 57.8 Å². The van der Waals surface area contributed by atoms with E-state index < -0.39 is 0 Å². The summed E-state index contributed by atoms with van der Waals surface area (Å²) in [4.78, 5) is 18.5. The fourth-order valence-electron chi connectivity index (χ4n) is 2.03. The molecule has 4 nitrogen and oxygen atoms in total. The molecule has 1 aromatic heterocycles. The summed E-state index contributed by atoms with van der Waals surface area (Å²) < 4.78 is 0. The van der Waals surface area contributed by atoms with Crippen LogP contribution in [0, 0.1) is 6.92 Å². The number of hydrogen-bond donors (Lipinski definition) is 2. The first-order valence-electron chi connectivity index (χ1n) is 5.57. The van der Waals surface area contributed by atoms with Crippen molar-refractivity contribution in [1.29, 1.82) is 0 Å². The van der Waals surface area contributed by atoms with Crippen LogP contribution in [0.25, 0.3) is 0 Å². The lowest BCUT2D eigenvalue weighted by molar-refractivity contribution is 0.504. The van der Waals surface area contributed by atoms with E-state index >= 15 is 0 Å². The average Bonchev–Trinajstić information content (AvgIpc) is 2.43. The zero-order valence-electron chi connectivity index (χ0n) is 9.05. The maximum absolute atomic E-state index is 11.3. The molecule has 1 aromatic rings. The normalized spacial score (nSPS) is 22.3. The number of nitrogens with one attached hydrogen (secondary N) is 2. The largest absolute Gasteiger partial charge is 0.309 e. The molecule has 0 bridgehead atoms. The molecule has 2 heterocycles. The van der Waals surface area contributed by atoms with Gasteiger partial charge < -0.3 is 10.3 Å². The van der Waals surface area contributed by atoms with E-state index in [-0.39, 0.29) is 11.6 Å². The third-order valence-corrected chi connectivity index (χ3v) is 2.78. The molecule has 4 heteroatoms. The van der Waals surface area contributed by atoms with E-state index in [1.807, 2.05) is 6.92 Å². The van der Waals surface area contributed by atoms with Crippen LogP contribution in [0.5, 0.6) is 0 Å². The van der Waals surface area contributed by atoms with E-state index in [1.54, 1.807) is 0 Å². The van der Waals surface area contributed by atoms with Gasteiger partial charge in [-0.15, -0.1) is 0 Å². The molecule has 0 radical (unpaired) electrons. The summed E-state index contributed by atoms with van der Waals surface area (Å²) in [6.07, 6.45) is 4.74. The highest BCUT2D eigenvalue weighted by atomic mass is 16.1. The van der Waals surface area contributed by atoms with E-state index in [1.165, 1.54) is 25.3 Å². The highest BCUT2D eigenvalue weighted by Crippen LogP contribution is 2.18. The molecule has 1 saturated heterocycles. The quantitative estimate of drug-likeness (QED) is 0.729. The van der Waals surface area contributed by atoms with Crippen LogP contribution < -0.4 is 10.9 Å². The van der Waals surface area contributed by atoms with Crippen molar-refractivity contribution in [1.82, 2.24) is 15.3 Å². The van der Waals surface area contributed by atoms with Crippen molar-refractivity contribution < 1.29 is 0 Å². The summed E-state index contributed by atoms with van der Waals surface area (Å²) in [5.74, 6) is 0.793. The van der Waals surface area contributed by atoms with Gasteiger partial charge in [-0.05, 0) is 26.3 Å². The number of hydrogen-bond acceptors (Lipinski definition) is 3. The van der Waals surface area contributed by atoms with Gasteiger partial charge in [0, 0.05) is 11.8 Å². The maximum atomic E-state index is 11.3. The van der Waals surface area contributed by atoms with Crippen LogP contribution >= 0.6 is 0 Å². The molecule has 1 atom stereocenters. The molecule has 0 spiro atoms. The predicted octanol–water partition coefficient (Wildman–Crippen LogP) is 1.28. The molecule has 0 saturated carbocycles. The van der Waals surface area contributed by atoms with Gasteiger partial charge in [-0.1, -0.05) is 12.8 Å². The molecule has 0 aromatic carbocycles. The van der Waals surface area contributed by atoms with Crippen molar-refractivity contribution in [3.05, 3.63) is 27.9 Å². The highest BCUT2D eigenvalue weighted by Gasteiger charge is 2.15. The molecule has 15 heavy (non-hydrogen) atoms. The van der Waals surface area contributed by atoms with Gasteiger partial charge in [-0.25, -0.2) is 4.98 Å². The minimum absolute atomic E-state index is 0.0523. The third-order valence-electron chi connectivity index (χ3n) is 2.78. The van der Waals surface area contributed by atoms with Crippen molar-refractivity contribution in [2.24, 2.45) is 0 Å². The minimum Gasteiger partial charge on any atom is -0.309 e. The van der Waals surface area contributed by atoms with Crippen LogP contribution in [0.1, 0.15) is 43.2 Å². The average molecular weight is 207 g/mol. The second kappa shape index (κ2) is 4.57. The van der Waals surface area contributed by atoms with Crippen molar-refractivity contribution in [3.63, 3.8) is 0 Å². The van der Waals surface area contributed by atoms with E-state index in [0.717, 1.165) is 24.5 Å². The van der Waals surface area contributed by atoms with Gasteiger partial charge in [-0.2, -0.15) is 0 Å². The van der Waals surface area contributed by atoms with Crippen LogP contribution in [0.4, 0.5) is 0 Å². The Kier molecular flexibility index (Phi) is 3.16. The smallest absolute Gasteiger partial charge is 0.251 e. The second-order valence-corrected chi connectivity index (χ2v) is 4.13. The summed E-state index contributed by atoms with van der Waals surface area (Å²) in [5, 5.41) is 3.42. The Morgan fingerprint density at radius 2 is 2.27 bits per heavy atom. The summed E-state index contributed by atoms with van der Waals surface area (Å²) in [6.45, 7) is 2.87. The van der Waals surface area contributed by atoms with Crippen LogP contribution in [-0.4, -0.2) is 16.5 Å². The Bertz CT molecular complexity index is 378. The lowest BCUT2D eigenvalue weighted by Crippen LogP contribution is -2.25. The molecule has 2 N–H and O–H groups in total. The molecule has 1 unspecified atom stereocenters. The number of aromatic nitrogens is 2. The molecule has 1 aliphatic heterocycles. The maximum Gasteiger partial charge on any atom is 0.251 e. The number of aryl methyl sites for hydroxylation is 1. The first-order valence-corrected chi connectivity index (χ1v) is 5.57. The van der Waals surface area contributed by atoms with E-state index in [9.17, 15) is 4.79 Å². The van der Waals surface area contributed by atoms with Crippen molar-refractivity contribution in [2.75, 3.05) is 6.54 Å². The highest BCUT2D eigenvalue weighted by molar-refractivity contribution is 5.04. The van der Waals surface area contributed by atoms with E-state index in [4.69, 9.17) is 0 Å². The van der Waals surface area contributed by atoms with Gasteiger partial charge in [0.1, 0.15) is 5.82 Å². The van der Waals surface area contributed by atoms with Crippen molar-refractivity contribution in [3.8, 4) is 0 Å². The first-order chi connectivity index (χ1) is 7.25. The molecular weight excluding hydrogens is 190 g/mol. The zero-order chi connectivity index (χ0) is 10.7. The van der Waals surface area contributed by atoms with Gasteiger partial charge in [-0.3, -0.25) is 4.79 Å². The lowest BCUT2D eigenvalue weighted by Gasteiger charge is -2.14. The van der Waals surface area contributed by atoms with E-state index in [2.05, 4.69) is 15.3 Å². The fraction of sp³-hybridized carbons (Fsp3) is 0.636. The van der Waals surface area contributed by atoms with Crippen LogP contribution in [-0.2, 0) is 0 Å². The molecule has 82 valence electrons. The molecule has 2 rings (SSSR count). The molecule has 1 fully saturated rings. The van der Waals surface area contributed by atoms with Gasteiger partial charge >= 0.3 is 0 Å². The fourth-order valence-corrected chi connectivity index (χ4v) is 2.03. The second-order valence-electron chi connectivity index (χ2n) is 4.13. The number of aromatic amines is 1. The predicted molar refractivity (Wildman–Crippen MR) is 58.8 cm³/mol. The van der Waals surface area contributed by atoms with Crippen LogP contribution in [0.15, 0.2) is 10.9 Å². The third kappa shape index (κ3) is 2.65. The summed E-state index contributed by atoms with van der Waals surface area (Å²) >= 11 is 0. The Morgan fingerprint density at radius 1 is 1.40 bits per heavy atom. The van der Waals surface area contributed by atoms with Gasteiger partial charge in [0.2, 0.25) is 0 Å². The molecular formula is C11H17N3O. The van der Waals surface area contributed by atoms with Crippen molar-refractivity contribution >= 4 is 0 Å². The number of rotatable bonds is 1. The Labute approximate surface area is 89.1 Å². The SMILES string of the molecule is Cc1cc(=O)[nH]c(C2CCCCCN2)n1. The monoisotopic (exact) mass is 207 g/mol. The lowest BCUT2D eigenvalue weighted by atomic mass is 10.1. The summed E-state index contributed by atoms with van der Waals surface area (Å²) in [7, 11) is 0. The van der Waals surface area contributed by atoms with Crippen LogP contribution in [0.2, 0.25) is 0 Å². The van der Waals surface area contributed by atoms with Gasteiger partial charge in [0.15, 0.2) is 0 Å². The Balaban J connectivity index is 2.23. The number of H-pyrrole nitrogens is 1. The Hall–Kier alpha value is -1.16. The van der Waals surface area contributed by atoms with E-state index in [0.29, 0.717) is 0 Å². The Morgan fingerprint density at radius 3 is 3.07 bits per heavy atom. The van der Waals surface area contributed by atoms with Gasteiger partial charge in [0.05, 0.1) is 6.04 Å². The summed E-state index contributed by atoms with van der Waals surface area (Å²) in [5.41, 5.74) is 0.739.